The van der Waals surface area contributed by atoms with Crippen LogP contribution in [-0.4, -0.2) is 52.7 Å². The van der Waals surface area contributed by atoms with E-state index in [1.807, 2.05) is 76.2 Å². The smallest absolute Gasteiger partial charge is 0.408 e. The summed E-state index contributed by atoms with van der Waals surface area (Å²) >= 11 is 0. The van der Waals surface area contributed by atoms with Gasteiger partial charge in [0.25, 0.3) is 0 Å². The fourth-order valence-corrected chi connectivity index (χ4v) is 4.16. The Balaban J connectivity index is 2.50. The second-order valence-corrected chi connectivity index (χ2v) is 10.7. The Bertz CT molecular complexity index is 1080. The number of aryl methyl sites for hydroxylation is 2. The van der Waals surface area contributed by atoms with Crippen molar-refractivity contribution in [3.8, 4) is 0 Å². The van der Waals surface area contributed by atoms with E-state index in [2.05, 4.69) is 10.6 Å². The van der Waals surface area contributed by atoms with Gasteiger partial charge in [0.05, 0.1) is 6.61 Å². The molecule has 38 heavy (non-hydrogen) atoms. The quantitative estimate of drug-likeness (QED) is 0.403. The second kappa shape index (κ2) is 14.0. The zero-order valence-corrected chi connectivity index (χ0v) is 23.7. The molecule has 8 nitrogen and oxygen atoms in total. The molecular weight excluding hydrogens is 482 g/mol. The molecule has 208 valence electrons. The Morgan fingerprint density at radius 2 is 1.71 bits per heavy atom. The molecule has 0 aliphatic rings. The van der Waals surface area contributed by atoms with Crippen LogP contribution in [0, 0.1) is 19.8 Å². The third-order valence-corrected chi connectivity index (χ3v) is 6.37. The van der Waals surface area contributed by atoms with Crippen molar-refractivity contribution in [3.05, 3.63) is 70.8 Å². The highest BCUT2D eigenvalue weighted by Gasteiger charge is 2.38. The number of ether oxygens (including phenoxy) is 1. The van der Waals surface area contributed by atoms with Crippen LogP contribution in [0.1, 0.15) is 69.3 Å². The molecule has 3 atom stereocenters. The largest absolute Gasteiger partial charge is 0.444 e. The molecule has 0 saturated heterocycles. The molecule has 0 spiro atoms. The number of aliphatic hydroxyl groups excluding tert-OH is 1. The van der Waals surface area contributed by atoms with E-state index < -0.39 is 29.7 Å². The molecule has 0 aromatic heterocycles. The van der Waals surface area contributed by atoms with Gasteiger partial charge in [0.2, 0.25) is 11.8 Å². The van der Waals surface area contributed by atoms with Gasteiger partial charge in [-0.2, -0.15) is 0 Å². The van der Waals surface area contributed by atoms with Gasteiger partial charge in [0.1, 0.15) is 17.7 Å². The van der Waals surface area contributed by atoms with Gasteiger partial charge in [-0.15, -0.1) is 0 Å². The molecule has 8 heteroatoms. The lowest BCUT2D eigenvalue weighted by Gasteiger charge is -2.36. The van der Waals surface area contributed by atoms with E-state index in [0.717, 1.165) is 16.7 Å². The number of hydrogen-bond acceptors (Lipinski definition) is 5. The van der Waals surface area contributed by atoms with Crippen LogP contribution in [0.4, 0.5) is 4.79 Å². The number of rotatable bonds is 11. The van der Waals surface area contributed by atoms with Crippen LogP contribution >= 0.6 is 0 Å². The number of amides is 3. The molecule has 0 radical (unpaired) electrons. The number of aliphatic hydroxyl groups is 1. The van der Waals surface area contributed by atoms with E-state index in [-0.39, 0.29) is 31.5 Å². The number of alkyl carbamates (subject to hydrolysis) is 1. The standard InChI is InChI=1S/C30H43N3O5/c1-8-21(3)25(32-29(37)38-30(5,6)7)28(36)33(16-17-34)26(24-18-20(2)14-15-22(24)4)27(35)31-19-23-12-10-9-11-13-23/h9-15,18,21,25-26,34H,8,16-17,19H2,1-7H3,(H,31,35)(H,32,37). The summed E-state index contributed by atoms with van der Waals surface area (Å²) in [6, 6.07) is 13.3. The summed E-state index contributed by atoms with van der Waals surface area (Å²) in [6.07, 6.45) is -0.107. The van der Waals surface area contributed by atoms with Crippen LogP contribution in [0.25, 0.3) is 0 Å². The zero-order valence-electron chi connectivity index (χ0n) is 23.7. The first-order valence-corrected chi connectivity index (χ1v) is 13.2. The van der Waals surface area contributed by atoms with Crippen molar-refractivity contribution in [3.63, 3.8) is 0 Å². The minimum atomic E-state index is -1.01. The summed E-state index contributed by atoms with van der Waals surface area (Å²) < 4.78 is 5.42. The summed E-state index contributed by atoms with van der Waals surface area (Å²) in [5, 5.41) is 15.7. The normalized spacial score (nSPS) is 13.7. The number of nitrogens with zero attached hydrogens (tertiary/aromatic N) is 1. The van der Waals surface area contributed by atoms with Gasteiger partial charge in [0.15, 0.2) is 0 Å². The predicted molar refractivity (Wildman–Crippen MR) is 148 cm³/mol. The number of nitrogens with one attached hydrogen (secondary N) is 2. The first-order valence-electron chi connectivity index (χ1n) is 13.2. The highest BCUT2D eigenvalue weighted by molar-refractivity contribution is 5.92. The first-order chi connectivity index (χ1) is 17.9. The molecule has 3 N–H and O–H groups in total. The Kier molecular flexibility index (Phi) is 11.3. The van der Waals surface area contributed by atoms with Gasteiger partial charge < -0.3 is 25.4 Å². The number of benzene rings is 2. The van der Waals surface area contributed by atoms with Gasteiger partial charge in [-0.1, -0.05) is 74.4 Å². The third kappa shape index (κ3) is 8.87. The molecule has 0 saturated carbocycles. The van der Waals surface area contributed by atoms with Crippen molar-refractivity contribution in [1.29, 1.82) is 0 Å². The fraction of sp³-hybridized carbons (Fsp3) is 0.500. The lowest BCUT2D eigenvalue weighted by molar-refractivity contribution is -0.144. The number of carbonyl (C=O) groups is 3. The van der Waals surface area contributed by atoms with Gasteiger partial charge in [-0.25, -0.2) is 4.79 Å². The first kappa shape index (κ1) is 30.8. The van der Waals surface area contributed by atoms with Crippen molar-refractivity contribution in [2.75, 3.05) is 13.2 Å². The number of hydrogen-bond donors (Lipinski definition) is 3. The van der Waals surface area contributed by atoms with Gasteiger partial charge in [-0.3, -0.25) is 9.59 Å². The Morgan fingerprint density at radius 3 is 2.29 bits per heavy atom. The van der Waals surface area contributed by atoms with Crippen molar-refractivity contribution >= 4 is 17.9 Å². The molecular formula is C30H43N3O5. The van der Waals surface area contributed by atoms with Crippen LogP contribution in [0.3, 0.4) is 0 Å². The van der Waals surface area contributed by atoms with Crippen LogP contribution in [-0.2, 0) is 20.9 Å². The summed E-state index contributed by atoms with van der Waals surface area (Å²) in [7, 11) is 0. The Morgan fingerprint density at radius 1 is 1.05 bits per heavy atom. The molecule has 0 fully saturated rings. The van der Waals surface area contributed by atoms with Crippen LogP contribution in [0.15, 0.2) is 48.5 Å². The van der Waals surface area contributed by atoms with Crippen LogP contribution in [0.2, 0.25) is 0 Å². The maximum absolute atomic E-state index is 14.1. The fourth-order valence-electron chi connectivity index (χ4n) is 4.16. The van der Waals surface area contributed by atoms with Crippen LogP contribution in [0.5, 0.6) is 0 Å². The molecule has 0 bridgehead atoms. The predicted octanol–water partition coefficient (Wildman–Crippen LogP) is 4.42. The van der Waals surface area contributed by atoms with Gasteiger partial charge >= 0.3 is 6.09 Å². The average molecular weight is 526 g/mol. The highest BCUT2D eigenvalue weighted by atomic mass is 16.6. The monoisotopic (exact) mass is 525 g/mol. The Hall–Kier alpha value is -3.39. The minimum Gasteiger partial charge on any atom is -0.444 e. The summed E-state index contributed by atoms with van der Waals surface area (Å²) in [6.45, 7) is 12.7. The molecule has 2 aromatic carbocycles. The molecule has 0 aliphatic heterocycles. The van der Waals surface area contributed by atoms with E-state index in [4.69, 9.17) is 4.74 Å². The zero-order chi connectivity index (χ0) is 28.5. The second-order valence-electron chi connectivity index (χ2n) is 10.7. The van der Waals surface area contributed by atoms with Gasteiger partial charge in [-0.05, 0) is 57.2 Å². The van der Waals surface area contributed by atoms with Crippen LogP contribution < -0.4 is 10.6 Å². The van der Waals surface area contributed by atoms with Crippen molar-refractivity contribution in [2.45, 2.75) is 79.1 Å². The SMILES string of the molecule is CCC(C)C(NC(=O)OC(C)(C)C)C(=O)N(CCO)C(C(=O)NCc1ccccc1)c1cc(C)ccc1C. The third-order valence-electron chi connectivity index (χ3n) is 6.37. The Labute approximate surface area is 226 Å². The molecule has 3 amide bonds. The van der Waals surface area contributed by atoms with E-state index in [0.29, 0.717) is 12.0 Å². The summed E-state index contributed by atoms with van der Waals surface area (Å²) in [5.41, 5.74) is 2.62. The minimum absolute atomic E-state index is 0.0848. The molecule has 2 aromatic rings. The summed E-state index contributed by atoms with van der Waals surface area (Å²) in [5.74, 6) is -1.08. The molecule has 0 aliphatic carbocycles. The van der Waals surface area contributed by atoms with E-state index in [1.165, 1.54) is 4.90 Å². The average Bonchev–Trinajstić information content (AvgIpc) is 2.86. The lowest BCUT2D eigenvalue weighted by atomic mass is 9.93. The highest BCUT2D eigenvalue weighted by Crippen LogP contribution is 2.28. The van der Waals surface area contributed by atoms with Crippen molar-refractivity contribution < 1.29 is 24.2 Å². The summed E-state index contributed by atoms with van der Waals surface area (Å²) in [4.78, 5) is 41.9. The van der Waals surface area contributed by atoms with Crippen molar-refractivity contribution in [2.24, 2.45) is 5.92 Å². The molecule has 2 rings (SSSR count). The number of carbonyl (C=O) groups excluding carboxylic acids is 3. The maximum Gasteiger partial charge on any atom is 0.408 e. The van der Waals surface area contributed by atoms with Crippen molar-refractivity contribution in [1.82, 2.24) is 15.5 Å². The molecule has 0 heterocycles. The van der Waals surface area contributed by atoms with Gasteiger partial charge in [0, 0.05) is 13.1 Å². The van der Waals surface area contributed by atoms with E-state index >= 15 is 0 Å². The lowest BCUT2D eigenvalue weighted by Crippen LogP contribution is -2.55. The van der Waals surface area contributed by atoms with E-state index in [9.17, 15) is 19.5 Å². The maximum atomic E-state index is 14.1. The topological polar surface area (TPSA) is 108 Å². The molecule has 3 unspecified atom stereocenters. The van der Waals surface area contributed by atoms with E-state index in [1.54, 1.807) is 20.8 Å².